The highest BCUT2D eigenvalue weighted by molar-refractivity contribution is 5.58. The van der Waals surface area contributed by atoms with Gasteiger partial charge in [-0.1, -0.05) is 56.7 Å². The van der Waals surface area contributed by atoms with Gasteiger partial charge in [-0.2, -0.15) is 0 Å². The molecule has 2 saturated carbocycles. The minimum atomic E-state index is 0.00104. The fourth-order valence-corrected chi connectivity index (χ4v) is 8.02. The van der Waals surface area contributed by atoms with Gasteiger partial charge in [-0.15, -0.1) is 0 Å². The summed E-state index contributed by atoms with van der Waals surface area (Å²) >= 11 is 0. The molecule has 2 aliphatic carbocycles. The summed E-state index contributed by atoms with van der Waals surface area (Å²) in [6, 6.07) is 16.0. The molecule has 0 radical (unpaired) electrons. The van der Waals surface area contributed by atoms with E-state index in [1.807, 2.05) is 0 Å². The molecule has 0 bridgehead atoms. The van der Waals surface area contributed by atoms with Gasteiger partial charge in [0.05, 0.1) is 27.4 Å². The van der Waals surface area contributed by atoms with Crippen LogP contribution < -0.4 is 18.9 Å². The lowest BCUT2D eigenvalue weighted by atomic mass is 9.75. The van der Waals surface area contributed by atoms with E-state index in [2.05, 4.69) is 56.3 Å². The molecule has 6 heteroatoms. The third-order valence-electron chi connectivity index (χ3n) is 10.9. The van der Waals surface area contributed by atoms with Crippen LogP contribution in [0.3, 0.4) is 0 Å². The van der Waals surface area contributed by atoms with Gasteiger partial charge >= 0.3 is 0 Å². The fraction of sp³-hybridized carbons (Fsp3) is 0.561. The van der Waals surface area contributed by atoms with E-state index in [1.54, 1.807) is 14.2 Å². The first-order valence-electron chi connectivity index (χ1n) is 18.0. The van der Waals surface area contributed by atoms with Gasteiger partial charge in [-0.05, 0) is 115 Å². The molecule has 2 heterocycles. The third kappa shape index (κ3) is 7.44. The van der Waals surface area contributed by atoms with Crippen molar-refractivity contribution in [2.24, 2.45) is 0 Å². The number of benzene rings is 3. The molecule has 4 aliphatic rings. The minimum Gasteiger partial charge on any atom is -0.493 e. The summed E-state index contributed by atoms with van der Waals surface area (Å²) in [5.41, 5.74) is 9.02. The van der Waals surface area contributed by atoms with Gasteiger partial charge in [-0.3, -0.25) is 0 Å². The smallest absolute Gasteiger partial charge is 0.161 e. The van der Waals surface area contributed by atoms with Crippen molar-refractivity contribution in [3.05, 3.63) is 81.4 Å². The van der Waals surface area contributed by atoms with Crippen LogP contribution in [0.4, 0.5) is 0 Å². The molecule has 3 aromatic carbocycles. The molecule has 4 fully saturated rings. The van der Waals surface area contributed by atoms with Crippen LogP contribution in [0.1, 0.15) is 121 Å². The third-order valence-corrected chi connectivity index (χ3v) is 10.9. The van der Waals surface area contributed by atoms with Crippen molar-refractivity contribution in [2.45, 2.75) is 108 Å². The molecule has 6 nitrogen and oxygen atoms in total. The number of rotatable bonds is 13. The molecule has 252 valence electrons. The molecule has 3 aromatic rings. The number of hydrogen-bond acceptors (Lipinski definition) is 6. The van der Waals surface area contributed by atoms with E-state index in [-0.39, 0.29) is 18.1 Å². The van der Waals surface area contributed by atoms with Crippen LogP contribution in [-0.2, 0) is 9.47 Å². The van der Waals surface area contributed by atoms with Gasteiger partial charge < -0.3 is 28.4 Å². The Morgan fingerprint density at radius 2 is 1.06 bits per heavy atom. The summed E-state index contributed by atoms with van der Waals surface area (Å²) < 4.78 is 35.6. The van der Waals surface area contributed by atoms with Crippen LogP contribution in [0.2, 0.25) is 0 Å². The number of aryl methyl sites for hydroxylation is 2. The summed E-state index contributed by atoms with van der Waals surface area (Å²) in [6.07, 6.45) is 13.0. The zero-order valence-electron chi connectivity index (χ0n) is 28.8. The van der Waals surface area contributed by atoms with E-state index in [0.717, 1.165) is 36.2 Å². The predicted molar refractivity (Wildman–Crippen MR) is 185 cm³/mol. The summed E-state index contributed by atoms with van der Waals surface area (Å²) in [7, 11) is 3.42. The van der Waals surface area contributed by atoms with E-state index in [1.165, 1.54) is 103 Å². The number of epoxide rings is 2. The lowest BCUT2D eigenvalue weighted by Gasteiger charge is -2.30. The molecule has 2 saturated heterocycles. The van der Waals surface area contributed by atoms with E-state index in [0.29, 0.717) is 25.0 Å². The highest BCUT2D eigenvalue weighted by Crippen LogP contribution is 2.47. The topological polar surface area (TPSA) is 62.0 Å². The standard InChI is InChI=1S/C41H52O6/c1-26-17-38(46-24-31-22-44-31)35(28-11-7-5-8-12-28)20-33(26)41(30-15-16-37(42-3)40(19-30)43-4)34-21-36(29-13-9-6-10-14-29)39(18-27(34)2)47-25-32-23-45-32/h15-21,28-29,31-32,41H,5-14,22-25H2,1-4H3. The van der Waals surface area contributed by atoms with E-state index in [9.17, 15) is 0 Å². The highest BCUT2D eigenvalue weighted by atomic mass is 16.6. The highest BCUT2D eigenvalue weighted by Gasteiger charge is 2.31. The van der Waals surface area contributed by atoms with Gasteiger partial charge in [-0.25, -0.2) is 0 Å². The van der Waals surface area contributed by atoms with Crippen molar-refractivity contribution in [3.63, 3.8) is 0 Å². The molecule has 2 atom stereocenters. The first-order valence-corrected chi connectivity index (χ1v) is 18.0. The molecule has 0 aromatic heterocycles. The van der Waals surface area contributed by atoms with Crippen molar-refractivity contribution in [2.75, 3.05) is 40.6 Å². The summed E-state index contributed by atoms with van der Waals surface area (Å²) in [4.78, 5) is 0. The normalized spacial score (nSPS) is 22.0. The van der Waals surface area contributed by atoms with Crippen LogP contribution in [0.25, 0.3) is 0 Å². The van der Waals surface area contributed by atoms with Gasteiger partial charge in [0.25, 0.3) is 0 Å². The maximum absolute atomic E-state index is 6.51. The predicted octanol–water partition coefficient (Wildman–Crippen LogP) is 9.15. The Morgan fingerprint density at radius 1 is 0.596 bits per heavy atom. The van der Waals surface area contributed by atoms with Crippen molar-refractivity contribution in [3.8, 4) is 23.0 Å². The first kappa shape index (κ1) is 32.3. The maximum atomic E-state index is 6.51. The van der Waals surface area contributed by atoms with Gasteiger partial charge in [0, 0.05) is 5.92 Å². The quantitative estimate of drug-likeness (QED) is 0.137. The number of hydrogen-bond donors (Lipinski definition) is 0. The van der Waals surface area contributed by atoms with E-state index >= 15 is 0 Å². The number of methoxy groups -OCH3 is 2. The first-order chi connectivity index (χ1) is 23.0. The van der Waals surface area contributed by atoms with Crippen LogP contribution in [-0.4, -0.2) is 52.9 Å². The van der Waals surface area contributed by atoms with Gasteiger partial charge in [0.2, 0.25) is 0 Å². The monoisotopic (exact) mass is 640 g/mol. The average Bonchev–Trinajstić information content (AvgIpc) is 4.05. The number of ether oxygens (including phenoxy) is 6. The Kier molecular flexibility index (Phi) is 9.97. The Morgan fingerprint density at radius 3 is 1.49 bits per heavy atom. The Balaban J connectivity index is 1.38. The van der Waals surface area contributed by atoms with Crippen molar-refractivity contribution in [1.82, 2.24) is 0 Å². The SMILES string of the molecule is COc1ccc(C(c2cc(C3CCCCC3)c(OCC3CO3)cc2C)c2cc(C3CCCCC3)c(OCC3CO3)cc2C)cc1OC. The maximum Gasteiger partial charge on any atom is 0.161 e. The Hall–Kier alpha value is -3.22. The fourth-order valence-electron chi connectivity index (χ4n) is 8.02. The van der Waals surface area contributed by atoms with Crippen molar-refractivity contribution in [1.29, 1.82) is 0 Å². The van der Waals surface area contributed by atoms with Gasteiger partial charge in [0.1, 0.15) is 36.9 Å². The molecule has 0 amide bonds. The zero-order valence-corrected chi connectivity index (χ0v) is 28.8. The molecule has 0 spiro atoms. The molecule has 2 aliphatic heterocycles. The second-order valence-electron chi connectivity index (χ2n) is 14.2. The van der Waals surface area contributed by atoms with Crippen LogP contribution in [0, 0.1) is 13.8 Å². The van der Waals surface area contributed by atoms with Crippen LogP contribution in [0.15, 0.2) is 42.5 Å². The second kappa shape index (κ2) is 14.5. The molecular formula is C41H52O6. The summed E-state index contributed by atoms with van der Waals surface area (Å²) in [5.74, 6) is 4.56. The molecular weight excluding hydrogens is 588 g/mol. The van der Waals surface area contributed by atoms with Crippen molar-refractivity contribution >= 4 is 0 Å². The lowest BCUT2D eigenvalue weighted by molar-refractivity contribution is 0.258. The van der Waals surface area contributed by atoms with E-state index in [4.69, 9.17) is 28.4 Å². The van der Waals surface area contributed by atoms with Crippen molar-refractivity contribution < 1.29 is 28.4 Å². The second-order valence-corrected chi connectivity index (χ2v) is 14.2. The largest absolute Gasteiger partial charge is 0.493 e. The van der Waals surface area contributed by atoms with Crippen LogP contribution >= 0.6 is 0 Å². The molecule has 0 N–H and O–H groups in total. The molecule has 7 rings (SSSR count). The molecule has 2 unspecified atom stereocenters. The molecule has 47 heavy (non-hydrogen) atoms. The Bertz CT molecular complexity index is 1440. The van der Waals surface area contributed by atoms with Gasteiger partial charge in [0.15, 0.2) is 11.5 Å². The summed E-state index contributed by atoms with van der Waals surface area (Å²) in [6.45, 7) is 7.33. The lowest BCUT2D eigenvalue weighted by Crippen LogP contribution is -2.15. The summed E-state index contributed by atoms with van der Waals surface area (Å²) in [5, 5.41) is 0. The Labute approximate surface area is 281 Å². The minimum absolute atomic E-state index is 0.00104. The van der Waals surface area contributed by atoms with E-state index < -0.39 is 0 Å². The zero-order chi connectivity index (χ0) is 32.3. The average molecular weight is 641 g/mol. The van der Waals surface area contributed by atoms with Crippen LogP contribution in [0.5, 0.6) is 23.0 Å².